The van der Waals surface area contributed by atoms with Gasteiger partial charge in [-0.2, -0.15) is 5.10 Å². The molecule has 0 spiro atoms. The normalized spacial score (nSPS) is 17.9. The van der Waals surface area contributed by atoms with Gasteiger partial charge in [0.1, 0.15) is 5.75 Å². The number of fused-ring (bicyclic) bond motifs is 3. The molecule has 0 saturated heterocycles. The van der Waals surface area contributed by atoms with Crippen LogP contribution in [0.2, 0.25) is 0 Å². The highest BCUT2D eigenvalue weighted by atomic mass is 16.5. The van der Waals surface area contributed by atoms with Crippen LogP contribution in [0.25, 0.3) is 10.9 Å². The summed E-state index contributed by atoms with van der Waals surface area (Å²) in [6.07, 6.45) is 5.14. The van der Waals surface area contributed by atoms with Gasteiger partial charge in [-0.3, -0.25) is 4.68 Å². The molecular formula is C16H19N4O+. The zero-order chi connectivity index (χ0) is 14.4. The van der Waals surface area contributed by atoms with Crippen LogP contribution in [0.5, 0.6) is 5.75 Å². The highest BCUT2D eigenvalue weighted by Gasteiger charge is 2.29. The van der Waals surface area contributed by atoms with Gasteiger partial charge in [-0.15, -0.1) is 0 Å². The summed E-state index contributed by atoms with van der Waals surface area (Å²) in [6, 6.07) is 6.55. The number of hydrogen-bond acceptors (Lipinski definition) is 2. The van der Waals surface area contributed by atoms with E-state index in [0.29, 0.717) is 6.04 Å². The summed E-state index contributed by atoms with van der Waals surface area (Å²) in [4.78, 5) is 3.60. The van der Waals surface area contributed by atoms with E-state index in [4.69, 9.17) is 4.74 Å². The molecule has 1 aliphatic heterocycles. The number of hydrogen-bond donors (Lipinski definition) is 2. The van der Waals surface area contributed by atoms with Crippen molar-refractivity contribution in [2.75, 3.05) is 13.7 Å². The Morgan fingerprint density at radius 3 is 3.10 bits per heavy atom. The first-order valence-corrected chi connectivity index (χ1v) is 7.26. The summed E-state index contributed by atoms with van der Waals surface area (Å²) in [5.74, 6) is 0.914. The first-order chi connectivity index (χ1) is 10.3. The number of quaternary nitrogens is 1. The lowest BCUT2D eigenvalue weighted by atomic mass is 9.96. The number of ether oxygens (including phenoxy) is 1. The van der Waals surface area contributed by atoms with Crippen LogP contribution < -0.4 is 10.1 Å². The number of nitrogens with one attached hydrogen (secondary N) is 1. The van der Waals surface area contributed by atoms with E-state index in [1.807, 2.05) is 24.0 Å². The quantitative estimate of drug-likeness (QED) is 0.740. The largest absolute Gasteiger partial charge is 0.497 e. The fraction of sp³-hybridized carbons (Fsp3) is 0.312. The molecule has 0 unspecified atom stereocenters. The summed E-state index contributed by atoms with van der Waals surface area (Å²) in [7, 11) is 3.68. The van der Waals surface area contributed by atoms with Gasteiger partial charge in [0.2, 0.25) is 0 Å². The van der Waals surface area contributed by atoms with Gasteiger partial charge in [-0.05, 0) is 23.8 Å². The number of aromatic amines is 1. The predicted octanol–water partition coefficient (Wildman–Crippen LogP) is 1.12. The molecule has 0 amide bonds. The SMILES string of the molecule is COc1ccc2[nH]c3c(c2c1)CC[NH2+][C@@H]3c1cnn(C)c1. The molecule has 3 aromatic rings. The summed E-state index contributed by atoms with van der Waals surface area (Å²) in [6.45, 7) is 1.09. The Morgan fingerprint density at radius 2 is 2.33 bits per heavy atom. The van der Waals surface area contributed by atoms with Gasteiger partial charge in [0.15, 0.2) is 6.04 Å². The van der Waals surface area contributed by atoms with Crippen LogP contribution in [-0.4, -0.2) is 28.4 Å². The third-order valence-electron chi connectivity index (χ3n) is 4.34. The second kappa shape index (κ2) is 4.63. The average Bonchev–Trinajstić information content (AvgIpc) is 3.09. The van der Waals surface area contributed by atoms with E-state index < -0.39 is 0 Å². The maximum atomic E-state index is 5.36. The maximum absolute atomic E-state index is 5.36. The molecule has 0 radical (unpaired) electrons. The Hall–Kier alpha value is -2.27. The molecule has 2 aromatic heterocycles. The molecule has 108 valence electrons. The van der Waals surface area contributed by atoms with Crippen molar-refractivity contribution < 1.29 is 10.1 Å². The van der Waals surface area contributed by atoms with E-state index in [-0.39, 0.29) is 0 Å². The van der Waals surface area contributed by atoms with E-state index in [0.717, 1.165) is 18.7 Å². The smallest absolute Gasteiger partial charge is 0.156 e. The first kappa shape index (κ1) is 12.5. The maximum Gasteiger partial charge on any atom is 0.156 e. The van der Waals surface area contributed by atoms with Crippen molar-refractivity contribution >= 4 is 10.9 Å². The molecule has 1 atom stereocenters. The standard InChI is InChI=1S/C16H18N4O/c1-20-9-10(8-18-20)15-16-12(5-6-17-15)13-7-11(21-2)3-4-14(13)19-16/h3-4,7-9,15,17,19H,5-6H2,1-2H3/p+1/t15-/m1/s1. The van der Waals surface area contributed by atoms with Gasteiger partial charge in [0.25, 0.3) is 0 Å². The molecule has 3 heterocycles. The lowest BCUT2D eigenvalue weighted by Crippen LogP contribution is -2.87. The fourth-order valence-electron chi connectivity index (χ4n) is 3.33. The summed E-state index contributed by atoms with van der Waals surface area (Å²) in [5, 5.41) is 7.97. The molecule has 0 aliphatic carbocycles. The molecule has 1 aromatic carbocycles. The topological polar surface area (TPSA) is 59.4 Å². The molecule has 0 bridgehead atoms. The van der Waals surface area contributed by atoms with Crippen molar-refractivity contribution in [2.45, 2.75) is 12.5 Å². The lowest BCUT2D eigenvalue weighted by molar-refractivity contribution is -0.690. The van der Waals surface area contributed by atoms with Crippen molar-refractivity contribution in [2.24, 2.45) is 7.05 Å². The molecular weight excluding hydrogens is 264 g/mol. The van der Waals surface area contributed by atoms with E-state index >= 15 is 0 Å². The molecule has 5 heteroatoms. The van der Waals surface area contributed by atoms with E-state index in [1.165, 1.54) is 27.7 Å². The minimum Gasteiger partial charge on any atom is -0.497 e. The number of nitrogens with two attached hydrogens (primary N) is 1. The van der Waals surface area contributed by atoms with Gasteiger partial charge in [-0.1, -0.05) is 0 Å². The molecule has 5 nitrogen and oxygen atoms in total. The van der Waals surface area contributed by atoms with Crippen molar-refractivity contribution in [3.05, 3.63) is 47.4 Å². The van der Waals surface area contributed by atoms with E-state index in [9.17, 15) is 0 Å². The number of benzene rings is 1. The Bertz CT molecular complexity index is 802. The lowest BCUT2D eigenvalue weighted by Gasteiger charge is -2.20. The third kappa shape index (κ3) is 1.93. The first-order valence-electron chi connectivity index (χ1n) is 7.26. The van der Waals surface area contributed by atoms with Crippen LogP contribution in [0.4, 0.5) is 0 Å². The fourth-order valence-corrected chi connectivity index (χ4v) is 3.33. The van der Waals surface area contributed by atoms with E-state index in [2.05, 4.69) is 33.7 Å². The van der Waals surface area contributed by atoms with E-state index in [1.54, 1.807) is 7.11 Å². The minimum atomic E-state index is 0.306. The predicted molar refractivity (Wildman–Crippen MR) is 80.4 cm³/mol. The molecule has 0 fully saturated rings. The van der Waals surface area contributed by atoms with Crippen molar-refractivity contribution in [1.82, 2.24) is 14.8 Å². The van der Waals surface area contributed by atoms with Crippen LogP contribution in [0.15, 0.2) is 30.6 Å². The number of aryl methyl sites for hydroxylation is 1. The second-order valence-corrected chi connectivity index (χ2v) is 5.63. The zero-order valence-electron chi connectivity index (χ0n) is 12.3. The van der Waals surface area contributed by atoms with Crippen molar-refractivity contribution in [3.8, 4) is 5.75 Å². The summed E-state index contributed by atoms with van der Waals surface area (Å²) in [5.41, 5.74) is 5.15. The molecule has 4 rings (SSSR count). The number of rotatable bonds is 2. The Morgan fingerprint density at radius 1 is 1.43 bits per heavy atom. The number of methoxy groups -OCH3 is 1. The van der Waals surface area contributed by atoms with Crippen LogP contribution in [0.3, 0.4) is 0 Å². The van der Waals surface area contributed by atoms with Crippen molar-refractivity contribution in [3.63, 3.8) is 0 Å². The monoisotopic (exact) mass is 283 g/mol. The highest BCUT2D eigenvalue weighted by Crippen LogP contribution is 2.32. The van der Waals surface area contributed by atoms with Gasteiger partial charge in [0, 0.05) is 30.6 Å². The summed E-state index contributed by atoms with van der Waals surface area (Å²) >= 11 is 0. The van der Waals surface area contributed by atoms with Gasteiger partial charge in [0.05, 0.1) is 31.1 Å². The zero-order valence-corrected chi connectivity index (χ0v) is 12.3. The molecule has 3 N–H and O–H groups in total. The average molecular weight is 283 g/mol. The van der Waals surface area contributed by atoms with Gasteiger partial charge < -0.3 is 15.0 Å². The molecule has 1 aliphatic rings. The van der Waals surface area contributed by atoms with Crippen LogP contribution >= 0.6 is 0 Å². The Balaban J connectivity index is 1.88. The third-order valence-corrected chi connectivity index (χ3v) is 4.34. The highest BCUT2D eigenvalue weighted by molar-refractivity contribution is 5.86. The van der Waals surface area contributed by atoms with Crippen LogP contribution in [0.1, 0.15) is 22.9 Å². The number of aromatic nitrogens is 3. The van der Waals surface area contributed by atoms with Gasteiger partial charge in [-0.25, -0.2) is 0 Å². The molecule has 0 saturated carbocycles. The Labute approximate surface area is 122 Å². The second-order valence-electron chi connectivity index (χ2n) is 5.63. The van der Waals surface area contributed by atoms with Crippen LogP contribution in [-0.2, 0) is 13.5 Å². The minimum absolute atomic E-state index is 0.306. The number of nitrogens with zero attached hydrogens (tertiary/aromatic N) is 2. The van der Waals surface area contributed by atoms with Gasteiger partial charge >= 0.3 is 0 Å². The molecule has 21 heavy (non-hydrogen) atoms. The summed E-state index contributed by atoms with van der Waals surface area (Å²) < 4.78 is 7.23. The van der Waals surface area contributed by atoms with Crippen LogP contribution in [0, 0.1) is 0 Å². The number of H-pyrrole nitrogens is 1. The van der Waals surface area contributed by atoms with Crippen molar-refractivity contribution in [1.29, 1.82) is 0 Å². The Kier molecular flexibility index (Phi) is 2.75.